The van der Waals surface area contributed by atoms with Crippen LogP contribution < -0.4 is 0 Å². The minimum Gasteiger partial charge on any atom is -0.508 e. The van der Waals surface area contributed by atoms with Crippen molar-refractivity contribution in [2.75, 3.05) is 0 Å². The molecular weight excluding hydrogens is 256 g/mol. The zero-order valence-electron chi connectivity index (χ0n) is 11.5. The average molecular weight is 272 g/mol. The molecule has 0 fully saturated rings. The molecule has 104 valence electrons. The molecule has 0 bridgehead atoms. The third-order valence-electron chi connectivity index (χ3n) is 3.18. The van der Waals surface area contributed by atoms with Crippen LogP contribution in [0, 0.1) is 0 Å². The summed E-state index contributed by atoms with van der Waals surface area (Å²) in [6.45, 7) is 6.25. The van der Waals surface area contributed by atoms with Crippen molar-refractivity contribution in [3.63, 3.8) is 0 Å². The predicted molar refractivity (Wildman–Crippen MR) is 74.8 cm³/mol. The Morgan fingerprint density at radius 3 is 2.55 bits per heavy atom. The van der Waals surface area contributed by atoms with Crippen LogP contribution in [0.25, 0.3) is 17.0 Å². The molecule has 1 aromatic carbocycles. The number of aromatic hydroxyl groups is 2. The summed E-state index contributed by atoms with van der Waals surface area (Å²) in [5.74, 6) is 0.480. The van der Waals surface area contributed by atoms with Crippen molar-refractivity contribution < 1.29 is 10.2 Å². The first-order chi connectivity index (χ1) is 9.36. The van der Waals surface area contributed by atoms with Gasteiger partial charge in [0.25, 0.3) is 0 Å². The lowest BCUT2D eigenvalue weighted by molar-refractivity contribution is 0.451. The van der Waals surface area contributed by atoms with Gasteiger partial charge in [-0.25, -0.2) is 0 Å². The van der Waals surface area contributed by atoms with E-state index in [1.54, 1.807) is 10.6 Å². The lowest BCUT2D eigenvalue weighted by Crippen LogP contribution is -2.12. The second kappa shape index (κ2) is 4.00. The number of fused-ring (bicyclic) bond motifs is 1. The molecular formula is C14H16N4O2. The SMILES string of the molecule is CC(C)(C)c1cc2[nH]nc(-c3ccc(O)cc3O)n2n1. The van der Waals surface area contributed by atoms with Gasteiger partial charge in [-0.05, 0) is 12.1 Å². The van der Waals surface area contributed by atoms with E-state index in [9.17, 15) is 10.2 Å². The second-order valence-electron chi connectivity index (χ2n) is 5.83. The van der Waals surface area contributed by atoms with Gasteiger partial charge in [0.1, 0.15) is 11.5 Å². The molecule has 0 amide bonds. The Morgan fingerprint density at radius 2 is 1.90 bits per heavy atom. The first kappa shape index (κ1) is 12.5. The fourth-order valence-corrected chi connectivity index (χ4v) is 2.03. The van der Waals surface area contributed by atoms with E-state index in [1.807, 2.05) is 6.07 Å². The molecule has 20 heavy (non-hydrogen) atoms. The quantitative estimate of drug-likeness (QED) is 0.635. The van der Waals surface area contributed by atoms with Crippen LogP contribution in [0.4, 0.5) is 0 Å². The van der Waals surface area contributed by atoms with Crippen LogP contribution in [0.1, 0.15) is 26.5 Å². The molecule has 6 heteroatoms. The van der Waals surface area contributed by atoms with E-state index in [4.69, 9.17) is 0 Å². The van der Waals surface area contributed by atoms with Crippen molar-refractivity contribution in [1.29, 1.82) is 0 Å². The molecule has 0 saturated carbocycles. The molecule has 2 heterocycles. The van der Waals surface area contributed by atoms with Gasteiger partial charge in [0.05, 0.1) is 11.3 Å². The number of hydrogen-bond acceptors (Lipinski definition) is 4. The summed E-state index contributed by atoms with van der Waals surface area (Å²) < 4.78 is 1.66. The maximum Gasteiger partial charge on any atom is 0.186 e. The Morgan fingerprint density at radius 1 is 1.15 bits per heavy atom. The summed E-state index contributed by atoms with van der Waals surface area (Å²) in [4.78, 5) is 0. The number of benzene rings is 1. The number of aromatic amines is 1. The Hall–Kier alpha value is -2.50. The van der Waals surface area contributed by atoms with Crippen molar-refractivity contribution >= 4 is 5.65 Å². The predicted octanol–water partition coefficient (Wildman–Crippen LogP) is 2.43. The molecule has 3 rings (SSSR count). The van der Waals surface area contributed by atoms with Gasteiger partial charge in [0, 0.05) is 17.5 Å². The van der Waals surface area contributed by atoms with Crippen LogP contribution >= 0.6 is 0 Å². The largest absolute Gasteiger partial charge is 0.508 e. The molecule has 0 unspecified atom stereocenters. The molecule has 0 radical (unpaired) electrons. The van der Waals surface area contributed by atoms with E-state index >= 15 is 0 Å². The van der Waals surface area contributed by atoms with Gasteiger partial charge >= 0.3 is 0 Å². The Kier molecular flexibility index (Phi) is 2.50. The molecule has 3 aromatic rings. The van der Waals surface area contributed by atoms with Crippen molar-refractivity contribution in [2.45, 2.75) is 26.2 Å². The van der Waals surface area contributed by atoms with Gasteiger partial charge < -0.3 is 10.2 Å². The van der Waals surface area contributed by atoms with Gasteiger partial charge in [0.2, 0.25) is 0 Å². The van der Waals surface area contributed by atoms with Gasteiger partial charge in [-0.15, -0.1) is 0 Å². The summed E-state index contributed by atoms with van der Waals surface area (Å²) in [5.41, 5.74) is 2.14. The van der Waals surface area contributed by atoms with Crippen LogP contribution in [0.5, 0.6) is 11.5 Å². The van der Waals surface area contributed by atoms with Crippen molar-refractivity contribution in [3.8, 4) is 22.9 Å². The lowest BCUT2D eigenvalue weighted by atomic mass is 9.93. The van der Waals surface area contributed by atoms with Gasteiger partial charge in [-0.3, -0.25) is 5.10 Å². The number of aromatic nitrogens is 4. The smallest absolute Gasteiger partial charge is 0.186 e. The highest BCUT2D eigenvalue weighted by Crippen LogP contribution is 2.31. The Labute approximate surface area is 115 Å². The minimum absolute atomic E-state index is 0.00822. The zero-order chi connectivity index (χ0) is 14.5. The molecule has 3 N–H and O–H groups in total. The molecule has 0 spiro atoms. The maximum atomic E-state index is 9.93. The first-order valence-corrected chi connectivity index (χ1v) is 6.33. The van der Waals surface area contributed by atoms with Crippen LogP contribution in [0.2, 0.25) is 0 Å². The fraction of sp³-hybridized carbons (Fsp3) is 0.286. The molecule has 2 aromatic heterocycles. The number of rotatable bonds is 1. The zero-order valence-corrected chi connectivity index (χ0v) is 11.5. The van der Waals surface area contributed by atoms with Crippen LogP contribution in [-0.4, -0.2) is 30.0 Å². The number of H-pyrrole nitrogens is 1. The summed E-state index contributed by atoms with van der Waals surface area (Å²) >= 11 is 0. The van der Waals surface area contributed by atoms with Crippen LogP contribution in [0.3, 0.4) is 0 Å². The first-order valence-electron chi connectivity index (χ1n) is 6.33. The van der Waals surface area contributed by atoms with Crippen molar-refractivity contribution in [1.82, 2.24) is 19.8 Å². The van der Waals surface area contributed by atoms with E-state index in [-0.39, 0.29) is 16.9 Å². The lowest BCUT2D eigenvalue weighted by Gasteiger charge is -2.13. The topological polar surface area (TPSA) is 86.4 Å². The third kappa shape index (κ3) is 1.89. The summed E-state index contributed by atoms with van der Waals surface area (Å²) in [7, 11) is 0. The van der Waals surface area contributed by atoms with E-state index in [0.717, 1.165) is 11.3 Å². The highest BCUT2D eigenvalue weighted by atomic mass is 16.3. The molecule has 0 aliphatic rings. The number of hydrogen-bond donors (Lipinski definition) is 3. The van der Waals surface area contributed by atoms with E-state index in [2.05, 4.69) is 36.1 Å². The monoisotopic (exact) mass is 272 g/mol. The minimum atomic E-state index is -0.0683. The van der Waals surface area contributed by atoms with E-state index < -0.39 is 0 Å². The van der Waals surface area contributed by atoms with Crippen LogP contribution in [0.15, 0.2) is 24.3 Å². The number of nitrogens with zero attached hydrogens (tertiary/aromatic N) is 3. The van der Waals surface area contributed by atoms with E-state index in [0.29, 0.717) is 11.4 Å². The average Bonchev–Trinajstić information content (AvgIpc) is 2.88. The van der Waals surface area contributed by atoms with E-state index in [1.165, 1.54) is 12.1 Å². The highest BCUT2D eigenvalue weighted by molar-refractivity contribution is 5.67. The van der Waals surface area contributed by atoms with Gasteiger partial charge in [0.15, 0.2) is 11.5 Å². The fourth-order valence-electron chi connectivity index (χ4n) is 2.03. The normalized spacial score (nSPS) is 12.2. The molecule has 0 aliphatic carbocycles. The standard InChI is InChI=1S/C14H16N4O2/c1-14(2,3)11-7-12-15-16-13(18(12)17-11)9-5-4-8(19)6-10(9)20/h4-7,15,19-20H,1-3H3. The molecule has 6 nitrogen and oxygen atoms in total. The van der Waals surface area contributed by atoms with Crippen molar-refractivity contribution in [3.05, 3.63) is 30.0 Å². The second-order valence-corrected chi connectivity index (χ2v) is 5.83. The van der Waals surface area contributed by atoms with Gasteiger partial charge in [-0.1, -0.05) is 20.8 Å². The highest BCUT2D eigenvalue weighted by Gasteiger charge is 2.21. The Balaban J connectivity index is 2.19. The van der Waals surface area contributed by atoms with Crippen LogP contribution in [-0.2, 0) is 5.41 Å². The molecule has 0 aliphatic heterocycles. The van der Waals surface area contributed by atoms with Crippen molar-refractivity contribution in [2.24, 2.45) is 0 Å². The maximum absolute atomic E-state index is 9.93. The number of phenolic OH excluding ortho intramolecular Hbond substituents is 2. The molecule has 0 atom stereocenters. The summed E-state index contributed by atoms with van der Waals surface area (Å²) in [5, 5.41) is 30.9. The number of nitrogens with one attached hydrogen (secondary N) is 1. The summed E-state index contributed by atoms with van der Waals surface area (Å²) in [6.07, 6.45) is 0. The summed E-state index contributed by atoms with van der Waals surface area (Å²) in [6, 6.07) is 6.33. The van der Waals surface area contributed by atoms with Gasteiger partial charge in [-0.2, -0.15) is 14.7 Å². The molecule has 0 saturated heterocycles. The number of phenols is 2. The Bertz CT molecular complexity index is 780. The third-order valence-corrected chi connectivity index (χ3v) is 3.18.